The van der Waals surface area contributed by atoms with Crippen molar-refractivity contribution in [1.29, 1.82) is 0 Å². The Labute approximate surface area is 181 Å². The lowest BCUT2D eigenvalue weighted by Crippen LogP contribution is -2.53. The van der Waals surface area contributed by atoms with Gasteiger partial charge in [0.15, 0.2) is 6.10 Å². The normalized spacial score (nSPS) is 20.8. The van der Waals surface area contributed by atoms with Crippen LogP contribution in [0.15, 0.2) is 30.3 Å². The van der Waals surface area contributed by atoms with Gasteiger partial charge in [-0.05, 0) is 45.1 Å². The highest BCUT2D eigenvalue weighted by Gasteiger charge is 2.37. The molecule has 1 aromatic rings. The summed E-state index contributed by atoms with van der Waals surface area (Å²) in [4.78, 5) is 26.8. The number of benzene rings is 1. The molecule has 0 radical (unpaired) electrons. The molecule has 1 saturated heterocycles. The second-order valence-corrected chi connectivity index (χ2v) is 8.71. The number of amides is 2. The van der Waals surface area contributed by atoms with E-state index in [2.05, 4.69) is 5.32 Å². The maximum absolute atomic E-state index is 13.1. The number of nitrogens with zero attached hydrogens (tertiary/aromatic N) is 1. The fourth-order valence-corrected chi connectivity index (χ4v) is 3.58. The number of likely N-dealkylation sites (tertiary alicyclic amines) is 1. The summed E-state index contributed by atoms with van der Waals surface area (Å²) < 4.78 is 48.6. The molecule has 31 heavy (non-hydrogen) atoms. The maximum atomic E-state index is 13.1. The molecule has 1 aliphatic heterocycles. The molecule has 9 heteroatoms. The van der Waals surface area contributed by atoms with Crippen molar-refractivity contribution in [3.05, 3.63) is 35.9 Å². The van der Waals surface area contributed by atoms with Crippen molar-refractivity contribution in [2.75, 3.05) is 19.7 Å². The highest BCUT2D eigenvalue weighted by Crippen LogP contribution is 2.28. The SMILES string of the molecule is CC[C@@H]1CN(C(=O)[C@@H](OCC(F)(F)F)c2ccccc2)CC[C@@H]1NC(=O)OC(C)(C)C. The first-order chi connectivity index (χ1) is 14.4. The van der Waals surface area contributed by atoms with Gasteiger partial charge in [0.1, 0.15) is 12.2 Å². The molecule has 0 aliphatic carbocycles. The van der Waals surface area contributed by atoms with E-state index >= 15 is 0 Å². The Balaban J connectivity index is 2.08. The van der Waals surface area contributed by atoms with Gasteiger partial charge in [0.25, 0.3) is 5.91 Å². The lowest BCUT2D eigenvalue weighted by atomic mass is 9.89. The van der Waals surface area contributed by atoms with Crippen LogP contribution in [0, 0.1) is 5.92 Å². The molecule has 3 atom stereocenters. The molecular formula is C22H31F3N2O4. The third-order valence-corrected chi connectivity index (χ3v) is 5.01. The second-order valence-electron chi connectivity index (χ2n) is 8.71. The predicted octanol–water partition coefficient (Wildman–Crippen LogP) is 4.46. The number of carbonyl (C=O) groups excluding carboxylic acids is 2. The first-order valence-electron chi connectivity index (χ1n) is 10.4. The monoisotopic (exact) mass is 444 g/mol. The molecule has 1 fully saturated rings. The molecule has 174 valence electrons. The van der Waals surface area contributed by atoms with Gasteiger partial charge in [0.2, 0.25) is 0 Å². The van der Waals surface area contributed by atoms with E-state index in [1.54, 1.807) is 51.1 Å². The van der Waals surface area contributed by atoms with Crippen LogP contribution in [0.5, 0.6) is 0 Å². The Kier molecular flexibility index (Phi) is 8.34. The Hall–Kier alpha value is -2.29. The minimum absolute atomic E-state index is 0.0516. The number of rotatable bonds is 6. The third-order valence-electron chi connectivity index (χ3n) is 5.01. The van der Waals surface area contributed by atoms with Crippen LogP contribution >= 0.6 is 0 Å². The van der Waals surface area contributed by atoms with E-state index < -0.39 is 36.5 Å². The molecule has 2 rings (SSSR count). The quantitative estimate of drug-likeness (QED) is 0.704. The van der Waals surface area contributed by atoms with Crippen LogP contribution in [0.4, 0.5) is 18.0 Å². The van der Waals surface area contributed by atoms with E-state index in [1.807, 2.05) is 6.92 Å². The van der Waals surface area contributed by atoms with E-state index in [1.165, 1.54) is 4.90 Å². The molecule has 1 N–H and O–H groups in total. The number of hydrogen-bond donors (Lipinski definition) is 1. The zero-order chi connectivity index (χ0) is 23.2. The van der Waals surface area contributed by atoms with Gasteiger partial charge < -0.3 is 19.7 Å². The first kappa shape index (κ1) is 25.0. The molecule has 0 aromatic heterocycles. The predicted molar refractivity (Wildman–Crippen MR) is 109 cm³/mol. The highest BCUT2D eigenvalue weighted by molar-refractivity contribution is 5.82. The van der Waals surface area contributed by atoms with Gasteiger partial charge in [0, 0.05) is 19.1 Å². The smallest absolute Gasteiger partial charge is 0.411 e. The van der Waals surface area contributed by atoms with E-state index in [4.69, 9.17) is 9.47 Å². The number of piperidine rings is 1. The van der Waals surface area contributed by atoms with Crippen LogP contribution in [-0.2, 0) is 14.3 Å². The van der Waals surface area contributed by atoms with Gasteiger partial charge in [-0.25, -0.2) is 4.79 Å². The fourth-order valence-electron chi connectivity index (χ4n) is 3.58. The van der Waals surface area contributed by atoms with E-state index in [0.29, 0.717) is 31.5 Å². The van der Waals surface area contributed by atoms with Gasteiger partial charge >= 0.3 is 12.3 Å². The lowest BCUT2D eigenvalue weighted by Gasteiger charge is -2.40. The summed E-state index contributed by atoms with van der Waals surface area (Å²) in [5.74, 6) is -0.561. The molecule has 1 aliphatic rings. The Morgan fingerprint density at radius 3 is 2.39 bits per heavy atom. The molecule has 0 unspecified atom stereocenters. The molecule has 2 amide bonds. The number of halogens is 3. The summed E-state index contributed by atoms with van der Waals surface area (Å²) in [5, 5.41) is 2.86. The summed E-state index contributed by atoms with van der Waals surface area (Å²) in [6, 6.07) is 7.99. The van der Waals surface area contributed by atoms with Crippen LogP contribution in [0.1, 0.15) is 52.2 Å². The van der Waals surface area contributed by atoms with Crippen molar-refractivity contribution in [1.82, 2.24) is 10.2 Å². The largest absolute Gasteiger partial charge is 0.444 e. The lowest BCUT2D eigenvalue weighted by molar-refractivity contribution is -0.191. The van der Waals surface area contributed by atoms with Crippen LogP contribution in [0.25, 0.3) is 0 Å². The Morgan fingerprint density at radius 2 is 1.84 bits per heavy atom. The zero-order valence-corrected chi connectivity index (χ0v) is 18.4. The second kappa shape index (κ2) is 10.3. The van der Waals surface area contributed by atoms with Crippen molar-refractivity contribution in [3.63, 3.8) is 0 Å². The topological polar surface area (TPSA) is 67.9 Å². The van der Waals surface area contributed by atoms with Crippen LogP contribution in [0.3, 0.4) is 0 Å². The molecule has 0 bridgehead atoms. The molecule has 1 heterocycles. The Bertz CT molecular complexity index is 735. The number of ether oxygens (including phenoxy) is 2. The highest BCUT2D eigenvalue weighted by atomic mass is 19.4. The van der Waals surface area contributed by atoms with Gasteiger partial charge in [0.05, 0.1) is 0 Å². The van der Waals surface area contributed by atoms with Crippen LogP contribution in [0.2, 0.25) is 0 Å². The van der Waals surface area contributed by atoms with Gasteiger partial charge in [-0.2, -0.15) is 13.2 Å². The first-order valence-corrected chi connectivity index (χ1v) is 10.4. The summed E-state index contributed by atoms with van der Waals surface area (Å²) in [7, 11) is 0. The number of nitrogens with one attached hydrogen (secondary N) is 1. The number of alkyl halides is 3. The number of hydrogen-bond acceptors (Lipinski definition) is 4. The average Bonchev–Trinajstić information content (AvgIpc) is 2.66. The fraction of sp³-hybridized carbons (Fsp3) is 0.636. The molecule has 0 saturated carbocycles. The summed E-state index contributed by atoms with van der Waals surface area (Å²) in [6.45, 7) is 6.37. The van der Waals surface area contributed by atoms with E-state index in [9.17, 15) is 22.8 Å². The van der Waals surface area contributed by atoms with Gasteiger partial charge in [-0.1, -0.05) is 37.3 Å². The maximum Gasteiger partial charge on any atom is 0.411 e. The van der Waals surface area contributed by atoms with Crippen LogP contribution in [-0.4, -0.2) is 54.4 Å². The van der Waals surface area contributed by atoms with E-state index in [0.717, 1.165) is 0 Å². The van der Waals surface area contributed by atoms with Crippen molar-refractivity contribution in [2.24, 2.45) is 5.92 Å². The van der Waals surface area contributed by atoms with Crippen molar-refractivity contribution in [2.45, 2.75) is 64.5 Å². The van der Waals surface area contributed by atoms with Crippen LogP contribution < -0.4 is 5.32 Å². The summed E-state index contributed by atoms with van der Waals surface area (Å²) in [5.41, 5.74) is -0.250. The number of carbonyl (C=O) groups is 2. The molecule has 0 spiro atoms. The minimum Gasteiger partial charge on any atom is -0.444 e. The van der Waals surface area contributed by atoms with Gasteiger partial charge in [-0.3, -0.25) is 4.79 Å². The summed E-state index contributed by atoms with van der Waals surface area (Å²) in [6.07, 6.45) is -5.24. The zero-order valence-electron chi connectivity index (χ0n) is 18.4. The molecular weight excluding hydrogens is 413 g/mol. The summed E-state index contributed by atoms with van der Waals surface area (Å²) >= 11 is 0. The number of alkyl carbamates (subject to hydrolysis) is 1. The molecule has 1 aromatic carbocycles. The average molecular weight is 444 g/mol. The third kappa shape index (κ3) is 8.05. The Morgan fingerprint density at radius 1 is 1.19 bits per heavy atom. The standard InChI is InChI=1S/C22H31F3N2O4/c1-5-15-13-27(12-11-17(15)26-20(29)31-21(2,3)4)19(28)18(30-14-22(23,24)25)16-9-7-6-8-10-16/h6-10,15,17-18H,5,11-14H2,1-4H3,(H,26,29)/t15-,17+,18+/m1/s1. The minimum atomic E-state index is -4.54. The molecule has 6 nitrogen and oxygen atoms in total. The van der Waals surface area contributed by atoms with Crippen molar-refractivity contribution < 1.29 is 32.2 Å². The van der Waals surface area contributed by atoms with E-state index in [-0.39, 0.29) is 12.0 Å². The van der Waals surface area contributed by atoms with Gasteiger partial charge in [-0.15, -0.1) is 0 Å². The van der Waals surface area contributed by atoms with Crippen molar-refractivity contribution in [3.8, 4) is 0 Å². The van der Waals surface area contributed by atoms with Crippen molar-refractivity contribution >= 4 is 12.0 Å².